The van der Waals surface area contributed by atoms with E-state index in [1.54, 1.807) is 12.1 Å². The normalized spacial score (nSPS) is 12.8. The quantitative estimate of drug-likeness (QED) is 0.803. The van der Waals surface area contributed by atoms with E-state index >= 15 is 0 Å². The third kappa shape index (κ3) is 4.56. The topological polar surface area (TPSA) is 75.6 Å². The highest BCUT2D eigenvalue weighted by Gasteiger charge is 2.21. The number of nitrogens with one attached hydrogen (secondary N) is 1. The van der Waals surface area contributed by atoms with E-state index in [0.717, 1.165) is 16.7 Å². The van der Waals surface area contributed by atoms with Gasteiger partial charge in [0, 0.05) is 6.54 Å². The molecule has 0 aliphatic heterocycles. The summed E-state index contributed by atoms with van der Waals surface area (Å²) in [5.41, 5.74) is 2.77. The highest BCUT2D eigenvalue weighted by atomic mass is 32.2. The van der Waals surface area contributed by atoms with E-state index in [2.05, 4.69) is 4.72 Å². The van der Waals surface area contributed by atoms with Gasteiger partial charge in [0.1, 0.15) is 10.6 Å². The second-order valence-electron chi connectivity index (χ2n) is 5.78. The summed E-state index contributed by atoms with van der Waals surface area (Å²) in [6, 6.07) is 12.7. The maximum absolute atomic E-state index is 12.5. The Morgan fingerprint density at radius 3 is 2.38 bits per heavy atom. The molecular formula is C18H23NO4S. The summed E-state index contributed by atoms with van der Waals surface area (Å²) >= 11 is 0. The highest BCUT2D eigenvalue weighted by molar-refractivity contribution is 7.89. The monoisotopic (exact) mass is 349 g/mol. The van der Waals surface area contributed by atoms with Crippen LogP contribution in [0.2, 0.25) is 0 Å². The number of ether oxygens (including phenoxy) is 1. The van der Waals surface area contributed by atoms with Crippen LogP contribution in [0.3, 0.4) is 0 Å². The molecule has 0 aromatic heterocycles. The minimum absolute atomic E-state index is 0.0622. The van der Waals surface area contributed by atoms with Crippen molar-refractivity contribution in [1.82, 2.24) is 4.72 Å². The zero-order valence-corrected chi connectivity index (χ0v) is 14.9. The number of rotatable bonds is 7. The van der Waals surface area contributed by atoms with Crippen LogP contribution in [0, 0.1) is 13.8 Å². The summed E-state index contributed by atoms with van der Waals surface area (Å²) in [5.74, 6) is 0.295. The van der Waals surface area contributed by atoms with Gasteiger partial charge in [-0.2, -0.15) is 0 Å². The number of methoxy groups -OCH3 is 1. The van der Waals surface area contributed by atoms with Crippen LogP contribution in [-0.2, 0) is 16.4 Å². The summed E-state index contributed by atoms with van der Waals surface area (Å²) in [6.07, 6.45) is -0.423. The summed E-state index contributed by atoms with van der Waals surface area (Å²) in [6.45, 7) is 3.68. The molecule has 0 spiro atoms. The van der Waals surface area contributed by atoms with E-state index in [-0.39, 0.29) is 11.4 Å². The lowest BCUT2D eigenvalue weighted by Gasteiger charge is -2.15. The van der Waals surface area contributed by atoms with Gasteiger partial charge in [-0.1, -0.05) is 30.3 Å². The van der Waals surface area contributed by atoms with E-state index in [4.69, 9.17) is 4.74 Å². The summed E-state index contributed by atoms with van der Waals surface area (Å²) in [5, 5.41) is 10.1. The maximum atomic E-state index is 12.5. The first-order valence-corrected chi connectivity index (χ1v) is 9.18. The standard InChI is InChI=1S/C18H23NO4S/c1-13-9-17(23-3)18(10-14(13)2)24(21,22)19-12-16(20)11-15-7-5-4-6-8-15/h4-10,16,19-20H,11-12H2,1-3H3. The van der Waals surface area contributed by atoms with E-state index in [1.807, 2.05) is 44.2 Å². The number of hydrogen-bond donors (Lipinski definition) is 2. The molecule has 0 bridgehead atoms. The summed E-state index contributed by atoms with van der Waals surface area (Å²) < 4.78 is 32.7. The van der Waals surface area contributed by atoms with Crippen LogP contribution < -0.4 is 9.46 Å². The number of sulfonamides is 1. The van der Waals surface area contributed by atoms with Crippen LogP contribution in [0.4, 0.5) is 0 Å². The van der Waals surface area contributed by atoms with E-state index in [1.165, 1.54) is 7.11 Å². The van der Waals surface area contributed by atoms with Gasteiger partial charge in [0.25, 0.3) is 0 Å². The summed E-state index contributed by atoms with van der Waals surface area (Å²) in [4.78, 5) is 0.0833. The zero-order valence-electron chi connectivity index (χ0n) is 14.1. The van der Waals surface area contributed by atoms with Crippen molar-refractivity contribution >= 4 is 10.0 Å². The smallest absolute Gasteiger partial charge is 0.244 e. The molecule has 2 aromatic rings. The van der Waals surface area contributed by atoms with Gasteiger partial charge in [-0.15, -0.1) is 0 Å². The molecule has 0 aliphatic carbocycles. The van der Waals surface area contributed by atoms with Crippen molar-refractivity contribution < 1.29 is 18.3 Å². The Morgan fingerprint density at radius 2 is 1.75 bits per heavy atom. The molecule has 0 radical (unpaired) electrons. The fourth-order valence-electron chi connectivity index (χ4n) is 2.37. The van der Waals surface area contributed by atoms with Crippen molar-refractivity contribution in [2.24, 2.45) is 0 Å². The Kier molecular flexibility index (Phi) is 5.99. The third-order valence-corrected chi connectivity index (χ3v) is 5.34. The average Bonchev–Trinajstić information content (AvgIpc) is 2.56. The molecule has 0 heterocycles. The molecule has 5 nitrogen and oxygen atoms in total. The predicted molar refractivity (Wildman–Crippen MR) is 93.8 cm³/mol. The molecule has 0 saturated heterocycles. The van der Waals surface area contributed by atoms with Gasteiger partial charge in [0.15, 0.2) is 0 Å². The molecule has 1 unspecified atom stereocenters. The van der Waals surface area contributed by atoms with Crippen molar-refractivity contribution in [3.8, 4) is 5.75 Å². The fraction of sp³-hybridized carbons (Fsp3) is 0.333. The average molecular weight is 349 g/mol. The first kappa shape index (κ1) is 18.4. The molecule has 0 fully saturated rings. The van der Waals surface area contributed by atoms with Crippen molar-refractivity contribution in [3.63, 3.8) is 0 Å². The molecule has 0 saturated carbocycles. The molecule has 0 amide bonds. The van der Waals surface area contributed by atoms with Gasteiger partial charge in [0.2, 0.25) is 10.0 Å². The highest BCUT2D eigenvalue weighted by Crippen LogP contribution is 2.27. The van der Waals surface area contributed by atoms with Gasteiger partial charge in [-0.25, -0.2) is 13.1 Å². The Balaban J connectivity index is 2.10. The van der Waals surface area contributed by atoms with Gasteiger partial charge < -0.3 is 9.84 Å². The first-order valence-electron chi connectivity index (χ1n) is 7.70. The molecule has 0 aliphatic rings. The summed E-state index contributed by atoms with van der Waals surface area (Å²) in [7, 11) is -2.33. The number of benzene rings is 2. The lowest BCUT2D eigenvalue weighted by Crippen LogP contribution is -2.33. The Morgan fingerprint density at radius 1 is 1.12 bits per heavy atom. The van der Waals surface area contributed by atoms with Crippen LogP contribution in [0.1, 0.15) is 16.7 Å². The molecule has 2 N–H and O–H groups in total. The van der Waals surface area contributed by atoms with Crippen molar-refractivity contribution in [3.05, 3.63) is 59.2 Å². The molecular weight excluding hydrogens is 326 g/mol. The predicted octanol–water partition coefficient (Wildman–Crippen LogP) is 2.19. The minimum atomic E-state index is -3.76. The molecule has 1 atom stereocenters. The number of hydrogen-bond acceptors (Lipinski definition) is 4. The lowest BCUT2D eigenvalue weighted by atomic mass is 10.1. The Bertz CT molecular complexity index is 788. The maximum Gasteiger partial charge on any atom is 0.244 e. The van der Waals surface area contributed by atoms with Crippen LogP contribution in [0.5, 0.6) is 5.75 Å². The zero-order chi connectivity index (χ0) is 17.7. The van der Waals surface area contributed by atoms with E-state index in [0.29, 0.717) is 12.2 Å². The number of aryl methyl sites for hydroxylation is 2. The van der Waals surface area contributed by atoms with Gasteiger partial charge in [0.05, 0.1) is 13.2 Å². The van der Waals surface area contributed by atoms with Crippen molar-refractivity contribution in [1.29, 1.82) is 0 Å². The van der Waals surface area contributed by atoms with E-state index < -0.39 is 16.1 Å². The molecule has 2 aromatic carbocycles. The minimum Gasteiger partial charge on any atom is -0.495 e. The number of aliphatic hydroxyl groups is 1. The second kappa shape index (κ2) is 7.79. The van der Waals surface area contributed by atoms with Crippen LogP contribution in [-0.4, -0.2) is 33.3 Å². The van der Waals surface area contributed by atoms with Crippen molar-refractivity contribution in [2.75, 3.05) is 13.7 Å². The van der Waals surface area contributed by atoms with E-state index in [9.17, 15) is 13.5 Å². The van der Waals surface area contributed by atoms with Crippen LogP contribution in [0.25, 0.3) is 0 Å². The number of aliphatic hydroxyl groups excluding tert-OH is 1. The van der Waals surface area contributed by atoms with Gasteiger partial charge in [-0.05, 0) is 49.1 Å². The van der Waals surface area contributed by atoms with Crippen LogP contribution >= 0.6 is 0 Å². The molecule has 130 valence electrons. The first-order chi connectivity index (χ1) is 11.3. The molecule has 2 rings (SSSR count). The largest absolute Gasteiger partial charge is 0.495 e. The molecule has 24 heavy (non-hydrogen) atoms. The van der Waals surface area contributed by atoms with Gasteiger partial charge >= 0.3 is 0 Å². The third-order valence-electron chi connectivity index (χ3n) is 3.89. The fourth-order valence-corrected chi connectivity index (χ4v) is 3.68. The lowest BCUT2D eigenvalue weighted by molar-refractivity contribution is 0.179. The Labute approximate surface area is 143 Å². The Hall–Kier alpha value is -1.89. The van der Waals surface area contributed by atoms with Crippen molar-refractivity contribution in [2.45, 2.75) is 31.3 Å². The van der Waals surface area contributed by atoms with Gasteiger partial charge in [-0.3, -0.25) is 0 Å². The SMILES string of the molecule is COc1cc(C)c(C)cc1S(=O)(=O)NCC(O)Cc1ccccc1. The second-order valence-corrected chi connectivity index (χ2v) is 7.52. The van der Waals surface area contributed by atoms with Crippen LogP contribution in [0.15, 0.2) is 47.4 Å². The molecule has 6 heteroatoms.